The first-order chi connectivity index (χ1) is 6.68. The van der Waals surface area contributed by atoms with Gasteiger partial charge in [0.05, 0.1) is 6.10 Å². The number of carbonyl (C=O) groups is 1. The second kappa shape index (κ2) is 5.43. The summed E-state index contributed by atoms with van der Waals surface area (Å²) in [6, 6.07) is 9.67. The molecule has 0 aromatic heterocycles. The zero-order valence-electron chi connectivity index (χ0n) is 8.69. The third-order valence-electron chi connectivity index (χ3n) is 1.98. The van der Waals surface area contributed by atoms with Crippen LogP contribution in [0.3, 0.4) is 0 Å². The lowest BCUT2D eigenvalue weighted by atomic mass is 10.2. The van der Waals surface area contributed by atoms with Crippen molar-refractivity contribution in [3.8, 4) is 5.75 Å². The van der Waals surface area contributed by atoms with Gasteiger partial charge in [0.1, 0.15) is 11.5 Å². The van der Waals surface area contributed by atoms with Gasteiger partial charge in [0.25, 0.3) is 0 Å². The number of Topliss-reactive ketones (excluding diaryl/α,β-unsaturated/α-hetero) is 1. The normalized spacial score (nSPS) is 12.1. The maximum atomic E-state index is 10.7. The molecule has 1 rings (SSSR count). The number of benzene rings is 1. The van der Waals surface area contributed by atoms with Gasteiger partial charge in [-0.2, -0.15) is 0 Å². The molecule has 0 N–H and O–H groups in total. The molecule has 0 amide bonds. The fraction of sp³-hybridized carbons (Fsp3) is 0.417. The van der Waals surface area contributed by atoms with E-state index in [0.29, 0.717) is 6.42 Å². The Morgan fingerprint density at radius 1 is 1.36 bits per heavy atom. The van der Waals surface area contributed by atoms with Gasteiger partial charge in [-0.05, 0) is 32.4 Å². The summed E-state index contributed by atoms with van der Waals surface area (Å²) in [6.07, 6.45) is 1.47. The van der Waals surface area contributed by atoms with E-state index in [0.717, 1.165) is 12.2 Å². The van der Waals surface area contributed by atoms with Crippen molar-refractivity contribution in [2.45, 2.75) is 32.8 Å². The summed E-state index contributed by atoms with van der Waals surface area (Å²) in [5, 5.41) is 0. The third-order valence-corrected chi connectivity index (χ3v) is 1.98. The number of rotatable bonds is 5. The Bertz CT molecular complexity index is 280. The van der Waals surface area contributed by atoms with Crippen LogP contribution in [0.1, 0.15) is 26.7 Å². The van der Waals surface area contributed by atoms with E-state index in [1.807, 2.05) is 37.3 Å². The first kappa shape index (κ1) is 10.8. The monoisotopic (exact) mass is 192 g/mol. The summed E-state index contributed by atoms with van der Waals surface area (Å²) >= 11 is 0. The zero-order chi connectivity index (χ0) is 10.4. The van der Waals surface area contributed by atoms with Crippen molar-refractivity contribution in [3.63, 3.8) is 0 Å². The van der Waals surface area contributed by atoms with Crippen LogP contribution in [-0.4, -0.2) is 11.9 Å². The number of ether oxygens (including phenoxy) is 1. The van der Waals surface area contributed by atoms with Crippen LogP contribution in [0.4, 0.5) is 0 Å². The van der Waals surface area contributed by atoms with Gasteiger partial charge in [0, 0.05) is 6.42 Å². The van der Waals surface area contributed by atoms with E-state index < -0.39 is 0 Å². The minimum absolute atomic E-state index is 0.0984. The smallest absolute Gasteiger partial charge is 0.129 e. The molecule has 2 heteroatoms. The molecule has 0 spiro atoms. The van der Waals surface area contributed by atoms with E-state index in [4.69, 9.17) is 4.74 Å². The van der Waals surface area contributed by atoms with Crippen molar-refractivity contribution < 1.29 is 9.53 Å². The number of hydrogen-bond acceptors (Lipinski definition) is 2. The van der Waals surface area contributed by atoms with Gasteiger partial charge < -0.3 is 9.53 Å². The van der Waals surface area contributed by atoms with E-state index in [1.165, 1.54) is 0 Å². The van der Waals surface area contributed by atoms with Gasteiger partial charge in [-0.15, -0.1) is 0 Å². The quantitative estimate of drug-likeness (QED) is 0.717. The van der Waals surface area contributed by atoms with Crippen LogP contribution in [0.15, 0.2) is 30.3 Å². The Labute approximate surface area is 84.9 Å². The Hall–Kier alpha value is -1.31. The highest BCUT2D eigenvalue weighted by Crippen LogP contribution is 2.12. The molecule has 1 unspecified atom stereocenters. The molecule has 14 heavy (non-hydrogen) atoms. The highest BCUT2D eigenvalue weighted by Gasteiger charge is 2.04. The summed E-state index contributed by atoms with van der Waals surface area (Å²) in [6.45, 7) is 3.59. The molecule has 0 aliphatic carbocycles. The van der Waals surface area contributed by atoms with E-state index in [2.05, 4.69) is 0 Å². The Balaban J connectivity index is 2.34. The molecule has 0 aliphatic heterocycles. The third kappa shape index (κ3) is 4.08. The first-order valence-corrected chi connectivity index (χ1v) is 4.89. The van der Waals surface area contributed by atoms with Crippen molar-refractivity contribution in [1.82, 2.24) is 0 Å². The molecule has 0 saturated carbocycles. The van der Waals surface area contributed by atoms with E-state index in [1.54, 1.807) is 6.92 Å². The van der Waals surface area contributed by atoms with Crippen LogP contribution >= 0.6 is 0 Å². The Kier molecular flexibility index (Phi) is 4.17. The predicted molar refractivity (Wildman–Crippen MR) is 56.4 cm³/mol. The van der Waals surface area contributed by atoms with Gasteiger partial charge in [0.15, 0.2) is 0 Å². The maximum absolute atomic E-state index is 10.7. The SMILES string of the molecule is CC(=O)CCC(C)Oc1ccccc1. The number of hydrogen-bond donors (Lipinski definition) is 0. The summed E-state index contributed by atoms with van der Waals surface area (Å²) in [7, 11) is 0. The molecular formula is C12H16O2. The summed E-state index contributed by atoms with van der Waals surface area (Å²) in [5.41, 5.74) is 0. The van der Waals surface area contributed by atoms with Gasteiger partial charge in [-0.25, -0.2) is 0 Å². The van der Waals surface area contributed by atoms with Gasteiger partial charge in [-0.3, -0.25) is 0 Å². The summed E-state index contributed by atoms with van der Waals surface area (Å²) in [5.74, 6) is 1.08. The Morgan fingerprint density at radius 2 is 2.00 bits per heavy atom. The van der Waals surface area contributed by atoms with Crippen molar-refractivity contribution >= 4 is 5.78 Å². The van der Waals surface area contributed by atoms with E-state index in [9.17, 15) is 4.79 Å². The molecule has 1 atom stereocenters. The molecule has 0 bridgehead atoms. The highest BCUT2D eigenvalue weighted by molar-refractivity contribution is 5.75. The molecule has 0 radical (unpaired) electrons. The molecule has 76 valence electrons. The average molecular weight is 192 g/mol. The molecule has 2 nitrogen and oxygen atoms in total. The molecule has 0 fully saturated rings. The predicted octanol–water partition coefficient (Wildman–Crippen LogP) is 2.82. The van der Waals surface area contributed by atoms with Gasteiger partial charge >= 0.3 is 0 Å². The van der Waals surface area contributed by atoms with Gasteiger partial charge in [-0.1, -0.05) is 18.2 Å². The molecular weight excluding hydrogens is 176 g/mol. The second-order valence-corrected chi connectivity index (χ2v) is 3.48. The van der Waals surface area contributed by atoms with Gasteiger partial charge in [0.2, 0.25) is 0 Å². The van der Waals surface area contributed by atoms with Crippen LogP contribution in [0.5, 0.6) is 5.75 Å². The molecule has 0 saturated heterocycles. The van der Waals surface area contributed by atoms with Crippen LogP contribution < -0.4 is 4.74 Å². The number of carbonyl (C=O) groups excluding carboxylic acids is 1. The van der Waals surface area contributed by atoms with Crippen LogP contribution in [-0.2, 0) is 4.79 Å². The van der Waals surface area contributed by atoms with E-state index in [-0.39, 0.29) is 11.9 Å². The highest BCUT2D eigenvalue weighted by atomic mass is 16.5. The minimum Gasteiger partial charge on any atom is -0.491 e. The first-order valence-electron chi connectivity index (χ1n) is 4.89. The fourth-order valence-corrected chi connectivity index (χ4v) is 1.20. The van der Waals surface area contributed by atoms with Crippen molar-refractivity contribution in [2.24, 2.45) is 0 Å². The van der Waals surface area contributed by atoms with E-state index >= 15 is 0 Å². The minimum atomic E-state index is 0.0984. The number of ketones is 1. The zero-order valence-corrected chi connectivity index (χ0v) is 8.69. The lowest BCUT2D eigenvalue weighted by Gasteiger charge is -2.13. The topological polar surface area (TPSA) is 26.3 Å². The summed E-state index contributed by atoms with van der Waals surface area (Å²) in [4.78, 5) is 10.7. The number of para-hydroxylation sites is 1. The maximum Gasteiger partial charge on any atom is 0.129 e. The molecule has 0 aliphatic rings. The standard InChI is InChI=1S/C12H16O2/c1-10(13)8-9-11(2)14-12-6-4-3-5-7-12/h3-7,11H,8-9H2,1-2H3. The largest absolute Gasteiger partial charge is 0.491 e. The molecule has 1 aromatic carbocycles. The average Bonchev–Trinajstić information content (AvgIpc) is 2.16. The second-order valence-electron chi connectivity index (χ2n) is 3.48. The molecule has 1 aromatic rings. The molecule has 0 heterocycles. The van der Waals surface area contributed by atoms with Crippen LogP contribution in [0, 0.1) is 0 Å². The Morgan fingerprint density at radius 3 is 2.57 bits per heavy atom. The lowest BCUT2D eigenvalue weighted by molar-refractivity contribution is -0.117. The van der Waals surface area contributed by atoms with Crippen LogP contribution in [0.2, 0.25) is 0 Å². The summed E-state index contributed by atoms with van der Waals surface area (Å²) < 4.78 is 5.61. The fourth-order valence-electron chi connectivity index (χ4n) is 1.20. The lowest BCUT2D eigenvalue weighted by Crippen LogP contribution is -2.12. The van der Waals surface area contributed by atoms with Crippen molar-refractivity contribution in [3.05, 3.63) is 30.3 Å². The van der Waals surface area contributed by atoms with Crippen LogP contribution in [0.25, 0.3) is 0 Å². The van der Waals surface area contributed by atoms with Crippen molar-refractivity contribution in [1.29, 1.82) is 0 Å². The van der Waals surface area contributed by atoms with Crippen molar-refractivity contribution in [2.75, 3.05) is 0 Å².